The predicted molar refractivity (Wildman–Crippen MR) is 79.5 cm³/mol. The summed E-state index contributed by atoms with van der Waals surface area (Å²) in [5, 5.41) is 0. The van der Waals surface area contributed by atoms with Crippen molar-refractivity contribution < 1.29 is 9.59 Å². The molecule has 0 radical (unpaired) electrons. The number of amides is 2. The van der Waals surface area contributed by atoms with Crippen LogP contribution in [0.25, 0.3) is 0 Å². The van der Waals surface area contributed by atoms with E-state index in [2.05, 4.69) is 9.80 Å². The Morgan fingerprint density at radius 2 is 1.05 bits per heavy atom. The lowest BCUT2D eigenvalue weighted by molar-refractivity contribution is -0.130. The number of hydrogen-bond acceptors (Lipinski definition) is 4. The zero-order valence-electron chi connectivity index (χ0n) is 13.3. The molecule has 0 aliphatic carbocycles. The molecule has 1 saturated heterocycles. The summed E-state index contributed by atoms with van der Waals surface area (Å²) in [4.78, 5) is 31.0. The molecular formula is C14H28N4O2. The average Bonchev–Trinajstić information content (AvgIpc) is 2.42. The van der Waals surface area contributed by atoms with Crippen molar-refractivity contribution in [3.63, 3.8) is 0 Å². The fourth-order valence-corrected chi connectivity index (χ4v) is 2.19. The van der Waals surface area contributed by atoms with Crippen LogP contribution in [0.2, 0.25) is 0 Å². The van der Waals surface area contributed by atoms with Gasteiger partial charge >= 0.3 is 0 Å². The first-order chi connectivity index (χ1) is 9.40. The lowest BCUT2D eigenvalue weighted by Gasteiger charge is -2.34. The summed E-state index contributed by atoms with van der Waals surface area (Å²) in [5.74, 6) is 0.369. The van der Waals surface area contributed by atoms with Crippen LogP contribution in [0.1, 0.15) is 12.8 Å². The van der Waals surface area contributed by atoms with Gasteiger partial charge in [-0.2, -0.15) is 0 Å². The highest BCUT2D eigenvalue weighted by Gasteiger charge is 2.18. The summed E-state index contributed by atoms with van der Waals surface area (Å²) >= 11 is 0. The van der Waals surface area contributed by atoms with Crippen molar-refractivity contribution in [3.05, 3.63) is 0 Å². The normalized spacial score (nSPS) is 17.0. The molecule has 0 bridgehead atoms. The minimum Gasteiger partial charge on any atom is -0.349 e. The topological polar surface area (TPSA) is 47.1 Å². The Morgan fingerprint density at radius 1 is 0.750 bits per heavy atom. The Labute approximate surface area is 122 Å². The first-order valence-corrected chi connectivity index (χ1v) is 7.25. The molecule has 1 heterocycles. The number of nitrogens with zero attached hydrogens (tertiary/aromatic N) is 4. The van der Waals surface area contributed by atoms with Crippen molar-refractivity contribution in [1.29, 1.82) is 0 Å². The van der Waals surface area contributed by atoms with E-state index in [1.165, 1.54) is 0 Å². The van der Waals surface area contributed by atoms with Gasteiger partial charge in [-0.05, 0) is 0 Å². The molecule has 0 N–H and O–H groups in total. The van der Waals surface area contributed by atoms with Gasteiger partial charge in [0.25, 0.3) is 0 Å². The van der Waals surface area contributed by atoms with Gasteiger partial charge in [-0.25, -0.2) is 0 Å². The standard InChI is InChI=1S/C14H28N4O2/c1-15(2)13(19)5-7-17-9-11-18(12-10-17)8-6-14(20)16(3)4/h5-12H2,1-4H3. The van der Waals surface area contributed by atoms with E-state index in [4.69, 9.17) is 0 Å². The van der Waals surface area contributed by atoms with Gasteiger partial charge in [0.1, 0.15) is 0 Å². The molecule has 1 aliphatic rings. The van der Waals surface area contributed by atoms with E-state index in [9.17, 15) is 9.59 Å². The van der Waals surface area contributed by atoms with E-state index >= 15 is 0 Å². The number of rotatable bonds is 6. The number of carbonyl (C=O) groups is 2. The second-order valence-electron chi connectivity index (χ2n) is 5.76. The zero-order valence-corrected chi connectivity index (χ0v) is 13.3. The molecule has 116 valence electrons. The summed E-state index contributed by atoms with van der Waals surface area (Å²) in [5.41, 5.74) is 0. The average molecular weight is 284 g/mol. The molecule has 1 aliphatic heterocycles. The summed E-state index contributed by atoms with van der Waals surface area (Å²) in [6.45, 7) is 5.60. The van der Waals surface area contributed by atoms with Gasteiger partial charge in [0.15, 0.2) is 0 Å². The molecule has 1 rings (SSSR count). The first kappa shape index (κ1) is 16.9. The molecule has 0 aromatic heterocycles. The van der Waals surface area contributed by atoms with Crippen molar-refractivity contribution in [3.8, 4) is 0 Å². The Kier molecular flexibility index (Phi) is 6.95. The molecule has 0 aromatic rings. The molecule has 0 atom stereocenters. The fourth-order valence-electron chi connectivity index (χ4n) is 2.19. The molecule has 6 heteroatoms. The van der Waals surface area contributed by atoms with E-state index in [0.29, 0.717) is 12.8 Å². The molecule has 0 spiro atoms. The predicted octanol–water partition coefficient (Wildman–Crippen LogP) is -0.439. The van der Waals surface area contributed by atoms with Gasteiger partial charge in [-0.3, -0.25) is 9.59 Å². The SMILES string of the molecule is CN(C)C(=O)CCN1CCN(CCC(=O)N(C)C)CC1. The summed E-state index contributed by atoms with van der Waals surface area (Å²) in [6.07, 6.45) is 1.18. The molecule has 6 nitrogen and oxygen atoms in total. The van der Waals surface area contributed by atoms with Gasteiger partial charge in [0, 0.05) is 80.3 Å². The summed E-state index contributed by atoms with van der Waals surface area (Å²) in [7, 11) is 7.17. The molecule has 2 amide bonds. The van der Waals surface area contributed by atoms with Crippen LogP contribution >= 0.6 is 0 Å². The number of piperazine rings is 1. The molecular weight excluding hydrogens is 256 g/mol. The lowest BCUT2D eigenvalue weighted by atomic mass is 10.2. The highest BCUT2D eigenvalue weighted by Crippen LogP contribution is 2.04. The van der Waals surface area contributed by atoms with Crippen LogP contribution in [0.5, 0.6) is 0 Å². The number of hydrogen-bond donors (Lipinski definition) is 0. The second-order valence-corrected chi connectivity index (χ2v) is 5.76. The van der Waals surface area contributed by atoms with Crippen LogP contribution in [0, 0.1) is 0 Å². The minimum atomic E-state index is 0.184. The lowest BCUT2D eigenvalue weighted by Crippen LogP contribution is -2.47. The van der Waals surface area contributed by atoms with Crippen molar-refractivity contribution in [1.82, 2.24) is 19.6 Å². The highest BCUT2D eigenvalue weighted by atomic mass is 16.2. The van der Waals surface area contributed by atoms with E-state index in [1.54, 1.807) is 38.0 Å². The van der Waals surface area contributed by atoms with Crippen molar-refractivity contribution in [2.24, 2.45) is 0 Å². The van der Waals surface area contributed by atoms with Crippen molar-refractivity contribution >= 4 is 11.8 Å². The Bertz CT molecular complexity index is 291. The maximum Gasteiger partial charge on any atom is 0.223 e. The van der Waals surface area contributed by atoms with Crippen LogP contribution in [-0.4, -0.2) is 98.9 Å². The van der Waals surface area contributed by atoms with Gasteiger partial charge in [-0.15, -0.1) is 0 Å². The highest BCUT2D eigenvalue weighted by molar-refractivity contribution is 5.76. The third kappa shape index (κ3) is 5.88. The smallest absolute Gasteiger partial charge is 0.223 e. The maximum atomic E-state index is 11.5. The first-order valence-electron chi connectivity index (χ1n) is 7.25. The third-order valence-electron chi connectivity index (χ3n) is 3.75. The number of carbonyl (C=O) groups excluding carboxylic acids is 2. The molecule has 0 unspecified atom stereocenters. The fraction of sp³-hybridized carbons (Fsp3) is 0.857. The largest absolute Gasteiger partial charge is 0.349 e. The zero-order chi connectivity index (χ0) is 15.1. The van der Waals surface area contributed by atoms with Crippen LogP contribution in [0.4, 0.5) is 0 Å². The Hall–Kier alpha value is -1.14. The summed E-state index contributed by atoms with van der Waals surface area (Å²) < 4.78 is 0. The van der Waals surface area contributed by atoms with Gasteiger partial charge < -0.3 is 19.6 Å². The van der Waals surface area contributed by atoms with Crippen LogP contribution in [-0.2, 0) is 9.59 Å². The molecule has 1 fully saturated rings. The Morgan fingerprint density at radius 3 is 1.30 bits per heavy atom. The van der Waals surface area contributed by atoms with Gasteiger partial charge in [-0.1, -0.05) is 0 Å². The van der Waals surface area contributed by atoms with Gasteiger partial charge in [0.05, 0.1) is 0 Å². The van der Waals surface area contributed by atoms with E-state index in [-0.39, 0.29) is 11.8 Å². The third-order valence-corrected chi connectivity index (χ3v) is 3.75. The van der Waals surface area contributed by atoms with Crippen molar-refractivity contribution in [2.75, 3.05) is 67.5 Å². The summed E-state index contributed by atoms with van der Waals surface area (Å²) in [6, 6.07) is 0. The van der Waals surface area contributed by atoms with Crippen LogP contribution in [0.3, 0.4) is 0 Å². The van der Waals surface area contributed by atoms with Gasteiger partial charge in [0.2, 0.25) is 11.8 Å². The molecule has 0 aromatic carbocycles. The quantitative estimate of drug-likeness (QED) is 0.663. The van der Waals surface area contributed by atoms with E-state index in [0.717, 1.165) is 39.3 Å². The monoisotopic (exact) mass is 284 g/mol. The van der Waals surface area contributed by atoms with Crippen LogP contribution in [0.15, 0.2) is 0 Å². The minimum absolute atomic E-state index is 0.184. The van der Waals surface area contributed by atoms with E-state index in [1.807, 2.05) is 0 Å². The molecule has 0 saturated carbocycles. The van der Waals surface area contributed by atoms with Crippen LogP contribution < -0.4 is 0 Å². The Balaban J connectivity index is 2.17. The van der Waals surface area contributed by atoms with E-state index < -0.39 is 0 Å². The van der Waals surface area contributed by atoms with Crippen molar-refractivity contribution in [2.45, 2.75) is 12.8 Å². The second kappa shape index (κ2) is 8.21. The maximum absolute atomic E-state index is 11.5. The molecule has 20 heavy (non-hydrogen) atoms.